The Balaban J connectivity index is 0.000000213. The van der Waals surface area contributed by atoms with Crippen molar-refractivity contribution in [3.05, 3.63) is 0 Å². The summed E-state index contributed by atoms with van der Waals surface area (Å²) in [6.45, 7) is 4.25. The summed E-state index contributed by atoms with van der Waals surface area (Å²) < 4.78 is 0. The van der Waals surface area contributed by atoms with Gasteiger partial charge in [0.15, 0.2) is 0 Å². The van der Waals surface area contributed by atoms with Crippen LogP contribution in [0.25, 0.3) is 0 Å². The standard InChI is InChI=1S/C5H8N2OS.C3H8/c8-5-6-3-1-9-2-4(3)7-5;1-3-2/h3-4H,1-2H2,(H2,6,7,8);3H2,1-2H3. The van der Waals surface area contributed by atoms with Crippen molar-refractivity contribution < 1.29 is 4.79 Å². The number of thioether (sulfide) groups is 1. The van der Waals surface area contributed by atoms with Gasteiger partial charge in [-0.25, -0.2) is 4.79 Å². The summed E-state index contributed by atoms with van der Waals surface area (Å²) >= 11 is 1.89. The maximum atomic E-state index is 10.6. The lowest BCUT2D eigenvalue weighted by Gasteiger charge is -2.02. The van der Waals surface area contributed by atoms with Crippen LogP contribution in [0.5, 0.6) is 0 Å². The molecule has 0 aliphatic carbocycles. The Morgan fingerprint density at radius 3 is 2.17 bits per heavy atom. The number of carbonyl (C=O) groups is 1. The highest BCUT2D eigenvalue weighted by atomic mass is 32.2. The Hall–Kier alpha value is -0.380. The molecule has 0 radical (unpaired) electrons. The highest BCUT2D eigenvalue weighted by Gasteiger charge is 2.35. The summed E-state index contributed by atoms with van der Waals surface area (Å²) in [6.07, 6.45) is 1.25. The van der Waals surface area contributed by atoms with Crippen LogP contribution in [0.2, 0.25) is 0 Å². The second-order valence-corrected chi connectivity index (χ2v) is 4.15. The Bertz CT molecular complexity index is 149. The van der Waals surface area contributed by atoms with E-state index in [0.29, 0.717) is 12.1 Å². The van der Waals surface area contributed by atoms with Gasteiger partial charge in [-0.1, -0.05) is 20.3 Å². The number of amides is 2. The summed E-state index contributed by atoms with van der Waals surface area (Å²) in [5.74, 6) is 2.15. The van der Waals surface area contributed by atoms with Gasteiger partial charge in [0.25, 0.3) is 0 Å². The molecule has 0 aromatic rings. The van der Waals surface area contributed by atoms with Crippen molar-refractivity contribution in [2.45, 2.75) is 32.4 Å². The quantitative estimate of drug-likeness (QED) is 0.561. The summed E-state index contributed by atoms with van der Waals surface area (Å²) in [5, 5.41) is 5.69. The number of fused-ring (bicyclic) bond motifs is 1. The maximum absolute atomic E-state index is 10.6. The SMILES string of the molecule is CCC.O=C1NC2CSCC2N1. The van der Waals surface area contributed by atoms with Crippen LogP contribution in [-0.4, -0.2) is 29.6 Å². The molecular weight excluding hydrogens is 172 g/mol. The van der Waals surface area contributed by atoms with Crippen molar-refractivity contribution in [1.82, 2.24) is 10.6 Å². The zero-order valence-electron chi connectivity index (χ0n) is 7.59. The Kier molecular flexibility index (Phi) is 3.72. The highest BCUT2D eigenvalue weighted by molar-refractivity contribution is 7.99. The third-order valence-electron chi connectivity index (χ3n) is 1.71. The Labute approximate surface area is 77.7 Å². The van der Waals surface area contributed by atoms with Crippen LogP contribution < -0.4 is 10.6 Å². The van der Waals surface area contributed by atoms with Gasteiger partial charge in [0.2, 0.25) is 0 Å². The van der Waals surface area contributed by atoms with E-state index in [1.54, 1.807) is 0 Å². The first-order valence-corrected chi connectivity index (χ1v) is 5.58. The molecule has 0 saturated carbocycles. The Morgan fingerprint density at radius 2 is 1.75 bits per heavy atom. The summed E-state index contributed by atoms with van der Waals surface area (Å²) in [4.78, 5) is 10.6. The zero-order chi connectivity index (χ0) is 8.97. The van der Waals surface area contributed by atoms with E-state index in [2.05, 4.69) is 24.5 Å². The average Bonchev–Trinajstić information content (AvgIpc) is 2.47. The van der Waals surface area contributed by atoms with Gasteiger partial charge in [-0.15, -0.1) is 0 Å². The molecule has 2 heterocycles. The molecule has 2 rings (SSSR count). The minimum absolute atomic E-state index is 0.00491. The van der Waals surface area contributed by atoms with Crippen molar-refractivity contribution in [1.29, 1.82) is 0 Å². The first kappa shape index (κ1) is 9.71. The van der Waals surface area contributed by atoms with E-state index >= 15 is 0 Å². The third kappa shape index (κ3) is 2.30. The molecule has 2 unspecified atom stereocenters. The van der Waals surface area contributed by atoms with Gasteiger partial charge in [-0.2, -0.15) is 11.8 Å². The smallest absolute Gasteiger partial charge is 0.315 e. The van der Waals surface area contributed by atoms with Gasteiger partial charge in [-0.05, 0) is 0 Å². The van der Waals surface area contributed by atoms with Gasteiger partial charge < -0.3 is 10.6 Å². The van der Waals surface area contributed by atoms with Crippen molar-refractivity contribution in [2.75, 3.05) is 11.5 Å². The van der Waals surface area contributed by atoms with Crippen molar-refractivity contribution in [3.8, 4) is 0 Å². The fourth-order valence-corrected chi connectivity index (χ4v) is 2.49. The normalized spacial score (nSPS) is 31.3. The largest absolute Gasteiger partial charge is 0.332 e. The lowest BCUT2D eigenvalue weighted by Crippen LogP contribution is -2.31. The van der Waals surface area contributed by atoms with E-state index < -0.39 is 0 Å². The van der Waals surface area contributed by atoms with E-state index in [1.807, 2.05) is 11.8 Å². The molecule has 0 aromatic carbocycles. The molecule has 12 heavy (non-hydrogen) atoms. The van der Waals surface area contributed by atoms with E-state index in [9.17, 15) is 4.79 Å². The lowest BCUT2D eigenvalue weighted by atomic mass is 10.2. The first-order chi connectivity index (χ1) is 5.77. The van der Waals surface area contributed by atoms with E-state index in [1.165, 1.54) is 6.42 Å². The van der Waals surface area contributed by atoms with Crippen LogP contribution in [0.1, 0.15) is 20.3 Å². The molecule has 2 amide bonds. The van der Waals surface area contributed by atoms with Gasteiger partial charge in [0, 0.05) is 11.5 Å². The zero-order valence-corrected chi connectivity index (χ0v) is 8.41. The van der Waals surface area contributed by atoms with Gasteiger partial charge >= 0.3 is 6.03 Å². The molecule has 4 heteroatoms. The summed E-state index contributed by atoms with van der Waals surface area (Å²) in [5.41, 5.74) is 0. The third-order valence-corrected chi connectivity index (χ3v) is 2.90. The molecule has 2 aliphatic heterocycles. The summed E-state index contributed by atoms with van der Waals surface area (Å²) in [6, 6.07) is 0.815. The van der Waals surface area contributed by atoms with E-state index in [4.69, 9.17) is 0 Å². The Morgan fingerprint density at radius 1 is 1.33 bits per heavy atom. The van der Waals surface area contributed by atoms with Crippen LogP contribution in [0.4, 0.5) is 4.79 Å². The van der Waals surface area contributed by atoms with Gasteiger partial charge in [-0.3, -0.25) is 0 Å². The molecular formula is C8H16N2OS. The van der Waals surface area contributed by atoms with Crippen LogP contribution in [-0.2, 0) is 0 Å². The molecule has 0 bridgehead atoms. The number of urea groups is 1. The average molecular weight is 188 g/mol. The molecule has 70 valence electrons. The van der Waals surface area contributed by atoms with Gasteiger partial charge in [0.1, 0.15) is 0 Å². The summed E-state index contributed by atoms with van der Waals surface area (Å²) in [7, 11) is 0. The monoisotopic (exact) mass is 188 g/mol. The predicted octanol–water partition coefficient (Wildman–Crippen LogP) is 1.20. The molecule has 2 saturated heterocycles. The molecule has 2 N–H and O–H groups in total. The van der Waals surface area contributed by atoms with Crippen molar-refractivity contribution >= 4 is 17.8 Å². The fourth-order valence-electron chi connectivity index (χ4n) is 1.22. The topological polar surface area (TPSA) is 41.1 Å². The van der Waals surface area contributed by atoms with Crippen LogP contribution in [0, 0.1) is 0 Å². The molecule has 2 atom stereocenters. The number of hydrogen-bond acceptors (Lipinski definition) is 2. The fraction of sp³-hybridized carbons (Fsp3) is 0.875. The lowest BCUT2D eigenvalue weighted by molar-refractivity contribution is 0.247. The maximum Gasteiger partial charge on any atom is 0.315 e. The van der Waals surface area contributed by atoms with Crippen LogP contribution in [0.3, 0.4) is 0 Å². The molecule has 3 nitrogen and oxygen atoms in total. The molecule has 2 aliphatic rings. The highest BCUT2D eigenvalue weighted by Crippen LogP contribution is 2.20. The van der Waals surface area contributed by atoms with Crippen LogP contribution in [0.15, 0.2) is 0 Å². The van der Waals surface area contributed by atoms with E-state index in [-0.39, 0.29) is 6.03 Å². The first-order valence-electron chi connectivity index (χ1n) is 4.42. The minimum Gasteiger partial charge on any atom is -0.332 e. The second kappa shape index (κ2) is 4.60. The van der Waals surface area contributed by atoms with Crippen LogP contribution >= 0.6 is 11.8 Å². The van der Waals surface area contributed by atoms with Gasteiger partial charge in [0.05, 0.1) is 12.1 Å². The number of carbonyl (C=O) groups excluding carboxylic acids is 1. The van der Waals surface area contributed by atoms with Crippen molar-refractivity contribution in [3.63, 3.8) is 0 Å². The van der Waals surface area contributed by atoms with E-state index in [0.717, 1.165) is 11.5 Å². The molecule has 0 aromatic heterocycles. The predicted molar refractivity (Wildman–Crippen MR) is 52.5 cm³/mol. The molecule has 2 fully saturated rings. The second-order valence-electron chi connectivity index (χ2n) is 3.08. The number of hydrogen-bond donors (Lipinski definition) is 2. The number of nitrogens with one attached hydrogen (secondary N) is 2. The molecule has 0 spiro atoms. The number of rotatable bonds is 0. The minimum atomic E-state index is 0.00491. The van der Waals surface area contributed by atoms with Crippen molar-refractivity contribution in [2.24, 2.45) is 0 Å².